The summed E-state index contributed by atoms with van der Waals surface area (Å²) in [5.74, 6) is 2.71. The molecule has 2 heterocycles. The minimum atomic E-state index is -0.00305. The molecule has 5 rings (SSSR count). The van der Waals surface area contributed by atoms with Crippen LogP contribution in [0.4, 0.5) is 5.95 Å². The molecule has 3 aliphatic rings. The maximum Gasteiger partial charge on any atom is 0.264 e. The van der Waals surface area contributed by atoms with Crippen LogP contribution in [0.2, 0.25) is 0 Å². The summed E-state index contributed by atoms with van der Waals surface area (Å²) < 4.78 is 7.75. The second-order valence-electron chi connectivity index (χ2n) is 9.49. The highest BCUT2D eigenvalue weighted by atomic mass is 16.5. The van der Waals surface area contributed by atoms with Gasteiger partial charge in [0.2, 0.25) is 5.95 Å². The van der Waals surface area contributed by atoms with Crippen LogP contribution in [0.25, 0.3) is 0 Å². The van der Waals surface area contributed by atoms with E-state index in [1.54, 1.807) is 7.11 Å². The van der Waals surface area contributed by atoms with Crippen LogP contribution in [0.5, 0.6) is 5.75 Å². The third-order valence-electron chi connectivity index (χ3n) is 7.77. The first-order chi connectivity index (χ1) is 15.2. The highest BCUT2D eigenvalue weighted by molar-refractivity contribution is 6.07. The van der Waals surface area contributed by atoms with Gasteiger partial charge in [0, 0.05) is 18.4 Å². The fourth-order valence-corrected chi connectivity index (χ4v) is 6.42. The molecule has 0 bridgehead atoms. The minimum absolute atomic E-state index is 0.00305. The largest absolute Gasteiger partial charge is 0.496 e. The van der Waals surface area contributed by atoms with Gasteiger partial charge >= 0.3 is 0 Å². The number of nitrogens with zero attached hydrogens (tertiary/aromatic N) is 4. The van der Waals surface area contributed by atoms with Crippen LogP contribution in [0.15, 0.2) is 24.3 Å². The molecule has 1 aliphatic heterocycles. The fourth-order valence-electron chi connectivity index (χ4n) is 6.42. The monoisotopic (exact) mass is 422 g/mol. The molecule has 166 valence electrons. The quantitative estimate of drug-likeness (QED) is 0.686. The molecule has 0 radical (unpaired) electrons. The number of benzene rings is 1. The summed E-state index contributed by atoms with van der Waals surface area (Å²) in [6.45, 7) is 2.16. The summed E-state index contributed by atoms with van der Waals surface area (Å²) in [6, 6.07) is 7.75. The number of para-hydroxylation sites is 1. The number of hydrogen-bond acceptors (Lipinski definition) is 4. The SMILES string of the molecule is CCCc1nc2n(n1)C1(CCCCC1)C1CCCCC1N2C(=O)c1ccccc1OC. The summed E-state index contributed by atoms with van der Waals surface area (Å²) in [5.41, 5.74) is 0.635. The van der Waals surface area contributed by atoms with Crippen molar-refractivity contribution >= 4 is 11.9 Å². The van der Waals surface area contributed by atoms with E-state index in [0.717, 1.165) is 43.9 Å². The molecular formula is C25H34N4O2. The van der Waals surface area contributed by atoms with E-state index in [2.05, 4.69) is 11.6 Å². The van der Waals surface area contributed by atoms with E-state index in [9.17, 15) is 4.79 Å². The molecule has 1 aromatic heterocycles. The molecule has 1 amide bonds. The van der Waals surface area contributed by atoms with Gasteiger partial charge in [-0.15, -0.1) is 0 Å². The van der Waals surface area contributed by atoms with Crippen LogP contribution in [0.1, 0.15) is 87.3 Å². The third kappa shape index (κ3) is 3.26. The van der Waals surface area contributed by atoms with E-state index in [4.69, 9.17) is 14.8 Å². The van der Waals surface area contributed by atoms with Gasteiger partial charge in [-0.25, -0.2) is 4.68 Å². The molecule has 2 atom stereocenters. The Morgan fingerprint density at radius 2 is 1.90 bits per heavy atom. The number of carbonyl (C=O) groups excluding carboxylic acids is 1. The third-order valence-corrected chi connectivity index (χ3v) is 7.77. The van der Waals surface area contributed by atoms with E-state index < -0.39 is 0 Å². The highest BCUT2D eigenvalue weighted by Crippen LogP contribution is 2.53. The Morgan fingerprint density at radius 1 is 1.13 bits per heavy atom. The molecule has 2 saturated carbocycles. The van der Waals surface area contributed by atoms with Gasteiger partial charge in [-0.3, -0.25) is 9.69 Å². The van der Waals surface area contributed by atoms with Crippen molar-refractivity contribution in [2.75, 3.05) is 12.0 Å². The zero-order chi connectivity index (χ0) is 21.4. The summed E-state index contributed by atoms with van der Waals surface area (Å²) in [5, 5.41) is 5.06. The van der Waals surface area contributed by atoms with Crippen molar-refractivity contribution in [1.29, 1.82) is 0 Å². The number of rotatable bonds is 4. The van der Waals surface area contributed by atoms with Gasteiger partial charge in [-0.1, -0.05) is 51.2 Å². The topological polar surface area (TPSA) is 60.2 Å². The van der Waals surface area contributed by atoms with Crippen molar-refractivity contribution in [2.45, 2.75) is 89.1 Å². The number of aromatic nitrogens is 3. The Labute approximate surface area is 185 Å². The fraction of sp³-hybridized carbons (Fsp3) is 0.640. The highest BCUT2D eigenvalue weighted by Gasteiger charge is 2.55. The summed E-state index contributed by atoms with van der Waals surface area (Å²) >= 11 is 0. The van der Waals surface area contributed by atoms with E-state index in [0.29, 0.717) is 17.2 Å². The lowest BCUT2D eigenvalue weighted by Gasteiger charge is -2.55. The second kappa shape index (κ2) is 8.29. The molecule has 2 aliphatic carbocycles. The molecule has 1 aromatic carbocycles. The summed E-state index contributed by atoms with van der Waals surface area (Å²) in [7, 11) is 1.63. The zero-order valence-corrected chi connectivity index (χ0v) is 18.8. The number of aryl methyl sites for hydroxylation is 1. The van der Waals surface area contributed by atoms with Gasteiger partial charge < -0.3 is 4.74 Å². The van der Waals surface area contributed by atoms with Crippen molar-refractivity contribution < 1.29 is 9.53 Å². The van der Waals surface area contributed by atoms with E-state index in [-0.39, 0.29) is 17.5 Å². The van der Waals surface area contributed by atoms with Crippen molar-refractivity contribution in [3.05, 3.63) is 35.7 Å². The van der Waals surface area contributed by atoms with Gasteiger partial charge in [0.15, 0.2) is 5.82 Å². The van der Waals surface area contributed by atoms with Crippen molar-refractivity contribution in [3.63, 3.8) is 0 Å². The van der Waals surface area contributed by atoms with Crippen molar-refractivity contribution in [1.82, 2.24) is 14.8 Å². The number of hydrogen-bond donors (Lipinski definition) is 0. The van der Waals surface area contributed by atoms with Crippen LogP contribution in [0.3, 0.4) is 0 Å². The smallest absolute Gasteiger partial charge is 0.264 e. The molecule has 2 aromatic rings. The Hall–Kier alpha value is -2.37. The van der Waals surface area contributed by atoms with Gasteiger partial charge in [0.25, 0.3) is 5.91 Å². The molecule has 2 unspecified atom stereocenters. The zero-order valence-electron chi connectivity index (χ0n) is 18.8. The maximum absolute atomic E-state index is 14.0. The maximum atomic E-state index is 14.0. The number of anilines is 1. The van der Waals surface area contributed by atoms with Crippen molar-refractivity contribution in [2.24, 2.45) is 5.92 Å². The Bertz CT molecular complexity index is 947. The van der Waals surface area contributed by atoms with Crippen LogP contribution in [-0.2, 0) is 12.0 Å². The normalized spacial score (nSPS) is 24.5. The lowest BCUT2D eigenvalue weighted by Crippen LogP contribution is -2.61. The molecule has 31 heavy (non-hydrogen) atoms. The van der Waals surface area contributed by atoms with Gasteiger partial charge in [0.1, 0.15) is 5.75 Å². The van der Waals surface area contributed by atoms with Gasteiger partial charge in [-0.05, 0) is 44.2 Å². The minimum Gasteiger partial charge on any atom is -0.496 e. The van der Waals surface area contributed by atoms with Crippen LogP contribution in [0, 0.1) is 5.92 Å². The van der Waals surface area contributed by atoms with E-state index in [1.807, 2.05) is 29.2 Å². The molecule has 6 nitrogen and oxygen atoms in total. The first-order valence-electron chi connectivity index (χ1n) is 12.1. The van der Waals surface area contributed by atoms with Crippen LogP contribution >= 0.6 is 0 Å². The Kier molecular flexibility index (Phi) is 5.49. The van der Waals surface area contributed by atoms with E-state index >= 15 is 0 Å². The molecule has 6 heteroatoms. The first kappa shape index (κ1) is 20.5. The summed E-state index contributed by atoms with van der Waals surface area (Å²) in [6.07, 6.45) is 12.6. The Balaban J connectivity index is 1.67. The second-order valence-corrected chi connectivity index (χ2v) is 9.49. The van der Waals surface area contributed by atoms with Crippen LogP contribution in [-0.4, -0.2) is 33.8 Å². The molecular weight excluding hydrogens is 388 g/mol. The van der Waals surface area contributed by atoms with Gasteiger partial charge in [-0.2, -0.15) is 10.1 Å². The standard InChI is InChI=1S/C25H34N4O2/c1-3-11-22-26-24-28(23(30)18-12-5-8-15-21(18)31-2)20-14-7-6-13-19(20)25(29(24)27-22)16-9-4-10-17-25/h5,8,12,15,19-20H,3-4,6-7,9-11,13-14,16-17H2,1-2H3. The van der Waals surface area contributed by atoms with E-state index in [1.165, 1.54) is 38.5 Å². The van der Waals surface area contributed by atoms with Crippen LogP contribution < -0.4 is 9.64 Å². The molecule has 2 fully saturated rings. The number of ether oxygens (including phenoxy) is 1. The number of carbonyl (C=O) groups is 1. The number of fused-ring (bicyclic) bond motifs is 4. The molecule has 0 saturated heterocycles. The van der Waals surface area contributed by atoms with Gasteiger partial charge in [0.05, 0.1) is 18.2 Å². The summed E-state index contributed by atoms with van der Waals surface area (Å²) in [4.78, 5) is 21.0. The average Bonchev–Trinajstić information content (AvgIpc) is 3.24. The predicted octanol–water partition coefficient (Wildman–Crippen LogP) is 5.12. The first-order valence-corrected chi connectivity index (χ1v) is 12.1. The van der Waals surface area contributed by atoms with Crippen molar-refractivity contribution in [3.8, 4) is 5.75 Å². The molecule has 0 N–H and O–H groups in total. The molecule has 1 spiro atoms. The number of amides is 1. The average molecular weight is 423 g/mol. The predicted molar refractivity (Wildman–Crippen MR) is 121 cm³/mol. The number of methoxy groups -OCH3 is 1. The Morgan fingerprint density at radius 3 is 2.68 bits per heavy atom. The lowest BCUT2D eigenvalue weighted by atomic mass is 9.64. The lowest BCUT2D eigenvalue weighted by molar-refractivity contribution is 0.0310.